The van der Waals surface area contributed by atoms with Gasteiger partial charge in [0.1, 0.15) is 0 Å². The van der Waals surface area contributed by atoms with Crippen LogP contribution in [0.3, 0.4) is 0 Å². The molecule has 9 heteroatoms. The van der Waals surface area contributed by atoms with Crippen LogP contribution in [0.1, 0.15) is 35.2 Å². The average molecular weight is 426 g/mol. The molecule has 0 saturated carbocycles. The number of nitrogens with zero attached hydrogens (tertiary/aromatic N) is 4. The minimum absolute atomic E-state index is 0.176. The number of carbonyl (C=O) groups excluding carboxylic acids is 1. The molecule has 0 aliphatic carbocycles. The maximum atomic E-state index is 13.1. The lowest BCUT2D eigenvalue weighted by atomic mass is 10.1. The van der Waals surface area contributed by atoms with Crippen molar-refractivity contribution in [1.29, 1.82) is 0 Å². The first-order valence-electron chi connectivity index (χ1n) is 9.84. The van der Waals surface area contributed by atoms with Gasteiger partial charge in [-0.05, 0) is 55.7 Å². The number of carbonyl (C=O) groups is 1. The Morgan fingerprint density at radius 1 is 1.07 bits per heavy atom. The second-order valence-electron chi connectivity index (χ2n) is 7.22. The van der Waals surface area contributed by atoms with Crippen LogP contribution in [0, 0.1) is 6.92 Å². The molecular formula is C21H23N5O3S. The van der Waals surface area contributed by atoms with Crippen molar-refractivity contribution in [3.8, 4) is 5.82 Å². The van der Waals surface area contributed by atoms with Gasteiger partial charge >= 0.3 is 0 Å². The van der Waals surface area contributed by atoms with Crippen LogP contribution in [0.2, 0.25) is 0 Å². The second kappa shape index (κ2) is 8.37. The zero-order chi connectivity index (χ0) is 21.1. The van der Waals surface area contributed by atoms with Crippen LogP contribution >= 0.6 is 0 Å². The lowest BCUT2D eigenvalue weighted by Crippen LogP contribution is -2.36. The Bertz CT molecular complexity index is 1150. The number of amides is 1. The zero-order valence-electron chi connectivity index (χ0n) is 16.7. The number of hydrogen-bond donors (Lipinski definition) is 1. The van der Waals surface area contributed by atoms with Gasteiger partial charge in [-0.1, -0.05) is 12.5 Å². The predicted octanol–water partition coefficient (Wildman–Crippen LogP) is 3.00. The smallest absolute Gasteiger partial charge is 0.255 e. The van der Waals surface area contributed by atoms with E-state index >= 15 is 0 Å². The molecule has 2 aromatic heterocycles. The zero-order valence-corrected chi connectivity index (χ0v) is 17.5. The number of aryl methyl sites for hydroxylation is 1. The first kappa shape index (κ1) is 20.2. The number of anilines is 1. The van der Waals surface area contributed by atoms with Crippen LogP contribution in [0.25, 0.3) is 5.82 Å². The molecule has 1 aromatic carbocycles. The molecular weight excluding hydrogens is 402 g/mol. The Labute approximate surface area is 175 Å². The summed E-state index contributed by atoms with van der Waals surface area (Å²) < 4.78 is 29.3. The number of hydrogen-bond acceptors (Lipinski definition) is 5. The largest absolute Gasteiger partial charge is 0.319 e. The summed E-state index contributed by atoms with van der Waals surface area (Å²) in [6.07, 6.45) is 7.72. The Kier molecular flexibility index (Phi) is 5.65. The highest BCUT2D eigenvalue weighted by Gasteiger charge is 2.28. The lowest BCUT2D eigenvalue weighted by molar-refractivity contribution is 0.102. The van der Waals surface area contributed by atoms with Crippen molar-refractivity contribution in [1.82, 2.24) is 19.1 Å². The van der Waals surface area contributed by atoms with Crippen LogP contribution in [0.5, 0.6) is 0 Å². The highest BCUT2D eigenvalue weighted by atomic mass is 32.2. The molecule has 0 bridgehead atoms. The standard InChI is InChI=1S/C21H23N5O3S/c1-16-8-9-17(15-19(16)30(28,29)25-12-3-2-4-13-25)21(27)24-18-7-5-10-22-20(18)26-14-6-11-23-26/h5-11,14-15H,2-4,12-13H2,1H3,(H,24,27). The van der Waals surface area contributed by atoms with E-state index in [1.54, 1.807) is 60.5 Å². The second-order valence-corrected chi connectivity index (χ2v) is 9.13. The van der Waals surface area contributed by atoms with Gasteiger partial charge < -0.3 is 5.32 Å². The molecule has 1 amide bonds. The summed E-state index contributed by atoms with van der Waals surface area (Å²) in [7, 11) is -3.64. The summed E-state index contributed by atoms with van der Waals surface area (Å²) in [6, 6.07) is 9.95. The summed E-state index contributed by atoms with van der Waals surface area (Å²) in [5.74, 6) is 0.0654. The van der Waals surface area contributed by atoms with Crippen molar-refractivity contribution in [2.75, 3.05) is 18.4 Å². The third-order valence-electron chi connectivity index (χ3n) is 5.14. The number of benzene rings is 1. The molecule has 8 nitrogen and oxygen atoms in total. The summed E-state index contributed by atoms with van der Waals surface area (Å²) in [5, 5.41) is 6.98. The third kappa shape index (κ3) is 3.99. The number of sulfonamides is 1. The molecule has 0 unspecified atom stereocenters. The molecule has 1 saturated heterocycles. The molecule has 1 aliphatic heterocycles. The number of piperidine rings is 1. The van der Waals surface area contributed by atoms with E-state index in [2.05, 4.69) is 15.4 Å². The van der Waals surface area contributed by atoms with Crippen molar-refractivity contribution in [2.24, 2.45) is 0 Å². The van der Waals surface area contributed by atoms with Crippen molar-refractivity contribution >= 4 is 21.6 Å². The molecule has 0 radical (unpaired) electrons. The molecule has 0 spiro atoms. The highest BCUT2D eigenvalue weighted by molar-refractivity contribution is 7.89. The highest BCUT2D eigenvalue weighted by Crippen LogP contribution is 2.25. The van der Waals surface area contributed by atoms with Crippen molar-refractivity contribution < 1.29 is 13.2 Å². The molecule has 1 N–H and O–H groups in total. The predicted molar refractivity (Wildman–Crippen MR) is 113 cm³/mol. The molecule has 1 aliphatic rings. The van der Waals surface area contributed by atoms with Gasteiger partial charge in [0.25, 0.3) is 5.91 Å². The van der Waals surface area contributed by atoms with E-state index in [1.165, 1.54) is 10.4 Å². The summed E-state index contributed by atoms with van der Waals surface area (Å²) in [4.78, 5) is 17.4. The topological polar surface area (TPSA) is 97.2 Å². The van der Waals surface area contributed by atoms with E-state index in [-0.39, 0.29) is 10.5 Å². The Balaban J connectivity index is 1.63. The van der Waals surface area contributed by atoms with E-state index in [9.17, 15) is 13.2 Å². The summed E-state index contributed by atoms with van der Waals surface area (Å²) in [6.45, 7) is 2.78. The quantitative estimate of drug-likeness (QED) is 0.678. The molecule has 0 atom stereocenters. The Morgan fingerprint density at radius 3 is 2.60 bits per heavy atom. The minimum Gasteiger partial charge on any atom is -0.319 e. The first-order valence-corrected chi connectivity index (χ1v) is 11.3. The van der Waals surface area contributed by atoms with Crippen LogP contribution in [-0.4, -0.2) is 46.5 Å². The minimum atomic E-state index is -3.64. The number of nitrogens with one attached hydrogen (secondary N) is 1. The van der Waals surface area contributed by atoms with Crippen molar-refractivity contribution in [3.63, 3.8) is 0 Å². The Morgan fingerprint density at radius 2 is 1.87 bits per heavy atom. The van der Waals surface area contributed by atoms with E-state index in [4.69, 9.17) is 0 Å². The first-order chi connectivity index (χ1) is 14.5. The fourth-order valence-electron chi connectivity index (χ4n) is 3.53. The lowest BCUT2D eigenvalue weighted by Gasteiger charge is -2.26. The maximum Gasteiger partial charge on any atom is 0.255 e. The van der Waals surface area contributed by atoms with Gasteiger partial charge in [-0.2, -0.15) is 9.40 Å². The Hall–Kier alpha value is -3.04. The molecule has 156 valence electrons. The van der Waals surface area contributed by atoms with Crippen LogP contribution in [0.15, 0.2) is 59.9 Å². The van der Waals surface area contributed by atoms with Gasteiger partial charge in [-0.3, -0.25) is 4.79 Å². The van der Waals surface area contributed by atoms with E-state index in [0.29, 0.717) is 30.2 Å². The third-order valence-corrected chi connectivity index (χ3v) is 7.18. The van der Waals surface area contributed by atoms with E-state index in [1.807, 2.05) is 0 Å². The van der Waals surface area contributed by atoms with Crippen LogP contribution in [-0.2, 0) is 10.0 Å². The van der Waals surface area contributed by atoms with E-state index in [0.717, 1.165) is 19.3 Å². The van der Waals surface area contributed by atoms with Crippen molar-refractivity contribution in [2.45, 2.75) is 31.1 Å². The van der Waals surface area contributed by atoms with Gasteiger partial charge in [0.15, 0.2) is 5.82 Å². The fraction of sp³-hybridized carbons (Fsp3) is 0.286. The number of rotatable bonds is 5. The average Bonchev–Trinajstić information content (AvgIpc) is 3.29. The van der Waals surface area contributed by atoms with Crippen molar-refractivity contribution in [3.05, 3.63) is 66.1 Å². The fourth-order valence-corrected chi connectivity index (χ4v) is 5.30. The summed E-state index contributed by atoms with van der Waals surface area (Å²) in [5.41, 5.74) is 1.37. The van der Waals surface area contributed by atoms with Gasteiger partial charge in [0.05, 0.1) is 10.6 Å². The molecule has 4 rings (SSSR count). The van der Waals surface area contributed by atoms with E-state index < -0.39 is 15.9 Å². The van der Waals surface area contributed by atoms with Crippen LogP contribution in [0.4, 0.5) is 5.69 Å². The molecule has 3 aromatic rings. The van der Waals surface area contributed by atoms with Crippen LogP contribution < -0.4 is 5.32 Å². The maximum absolute atomic E-state index is 13.1. The molecule has 1 fully saturated rings. The molecule has 30 heavy (non-hydrogen) atoms. The van der Waals surface area contributed by atoms with Gasteiger partial charge in [0, 0.05) is 37.2 Å². The van der Waals surface area contributed by atoms with Gasteiger partial charge in [-0.15, -0.1) is 0 Å². The van der Waals surface area contributed by atoms with Gasteiger partial charge in [-0.25, -0.2) is 18.1 Å². The monoisotopic (exact) mass is 425 g/mol. The number of pyridine rings is 1. The normalized spacial score (nSPS) is 15.1. The SMILES string of the molecule is Cc1ccc(C(=O)Nc2cccnc2-n2cccn2)cc1S(=O)(=O)N1CCCCC1. The van der Waals surface area contributed by atoms with Gasteiger partial charge in [0.2, 0.25) is 10.0 Å². The number of aromatic nitrogens is 3. The summed E-state index contributed by atoms with van der Waals surface area (Å²) >= 11 is 0. The molecule has 3 heterocycles.